The summed E-state index contributed by atoms with van der Waals surface area (Å²) < 4.78 is 33.5. The summed E-state index contributed by atoms with van der Waals surface area (Å²) in [4.78, 5) is 0. The Labute approximate surface area is 180 Å². The van der Waals surface area contributed by atoms with Gasteiger partial charge in [-0.25, -0.2) is 0 Å². The molecule has 2 aromatic carbocycles. The normalized spacial score (nSPS) is 15.1. The number of benzene rings is 2. The molecule has 0 amide bonds. The Hall–Kier alpha value is -2.44. The van der Waals surface area contributed by atoms with Crippen molar-refractivity contribution in [3.8, 4) is 23.0 Å². The molecule has 0 aliphatic heterocycles. The van der Waals surface area contributed by atoms with Gasteiger partial charge >= 0.3 is 0 Å². The van der Waals surface area contributed by atoms with Gasteiger partial charge in [0.2, 0.25) is 0 Å². The summed E-state index contributed by atoms with van der Waals surface area (Å²) in [5, 5.41) is 0. The minimum absolute atomic E-state index is 0.141. The average Bonchev–Trinajstić information content (AvgIpc) is 2.79. The van der Waals surface area contributed by atoms with Crippen LogP contribution in [0.15, 0.2) is 36.4 Å². The van der Waals surface area contributed by atoms with Gasteiger partial charge in [0.25, 0.3) is 0 Å². The van der Waals surface area contributed by atoms with Gasteiger partial charge in [0.05, 0.1) is 40.6 Å². The van der Waals surface area contributed by atoms with Crippen molar-refractivity contribution >= 4 is 0 Å². The van der Waals surface area contributed by atoms with Crippen molar-refractivity contribution in [1.82, 2.24) is 0 Å². The molecule has 6 nitrogen and oxygen atoms in total. The Balaban J connectivity index is 2.33. The highest BCUT2D eigenvalue weighted by Crippen LogP contribution is 2.42. The van der Waals surface area contributed by atoms with E-state index < -0.39 is 0 Å². The number of methoxy groups -OCH3 is 6. The van der Waals surface area contributed by atoms with E-state index in [1.54, 1.807) is 42.7 Å². The van der Waals surface area contributed by atoms with Crippen molar-refractivity contribution in [3.63, 3.8) is 0 Å². The summed E-state index contributed by atoms with van der Waals surface area (Å²) in [5.74, 6) is 3.03. The van der Waals surface area contributed by atoms with Crippen molar-refractivity contribution in [2.75, 3.05) is 42.7 Å². The van der Waals surface area contributed by atoms with E-state index in [-0.39, 0.29) is 24.0 Å². The van der Waals surface area contributed by atoms with Crippen LogP contribution in [0.1, 0.15) is 37.2 Å². The van der Waals surface area contributed by atoms with Crippen molar-refractivity contribution < 1.29 is 28.4 Å². The summed E-state index contributed by atoms with van der Waals surface area (Å²) >= 11 is 0. The van der Waals surface area contributed by atoms with E-state index in [1.165, 1.54) is 0 Å². The maximum Gasteiger partial charge on any atom is 0.161 e. The zero-order valence-corrected chi connectivity index (χ0v) is 19.2. The van der Waals surface area contributed by atoms with Gasteiger partial charge in [-0.2, -0.15) is 0 Å². The maximum atomic E-state index is 5.91. The van der Waals surface area contributed by atoms with Crippen LogP contribution in [0.5, 0.6) is 23.0 Å². The van der Waals surface area contributed by atoms with Crippen LogP contribution in [0, 0.1) is 11.8 Å². The van der Waals surface area contributed by atoms with Gasteiger partial charge in [-0.3, -0.25) is 0 Å². The molecule has 2 rings (SSSR count). The van der Waals surface area contributed by atoms with Crippen LogP contribution in [-0.2, 0) is 9.47 Å². The lowest BCUT2D eigenvalue weighted by atomic mass is 9.81. The number of ether oxygens (including phenoxy) is 6. The van der Waals surface area contributed by atoms with Gasteiger partial charge in [-0.05, 0) is 47.2 Å². The van der Waals surface area contributed by atoms with E-state index in [0.717, 1.165) is 11.1 Å². The first-order chi connectivity index (χ1) is 14.4. The van der Waals surface area contributed by atoms with Gasteiger partial charge in [0, 0.05) is 14.2 Å². The van der Waals surface area contributed by atoms with Gasteiger partial charge < -0.3 is 28.4 Å². The fourth-order valence-corrected chi connectivity index (χ4v) is 3.92. The third kappa shape index (κ3) is 4.99. The molecule has 0 saturated heterocycles. The smallest absolute Gasteiger partial charge is 0.161 e. The molecular formula is C24H34O6. The lowest BCUT2D eigenvalue weighted by Crippen LogP contribution is -2.25. The van der Waals surface area contributed by atoms with Crippen molar-refractivity contribution in [1.29, 1.82) is 0 Å². The van der Waals surface area contributed by atoms with E-state index in [9.17, 15) is 0 Å². The zero-order valence-electron chi connectivity index (χ0n) is 19.2. The minimum atomic E-state index is -0.141. The average molecular weight is 419 g/mol. The molecule has 0 saturated carbocycles. The molecule has 0 spiro atoms. The second kappa shape index (κ2) is 11.1. The summed E-state index contributed by atoms with van der Waals surface area (Å²) in [6.07, 6.45) is -0.282. The van der Waals surface area contributed by atoms with Gasteiger partial charge in [0.1, 0.15) is 0 Å². The number of rotatable bonds is 11. The van der Waals surface area contributed by atoms with E-state index >= 15 is 0 Å². The highest BCUT2D eigenvalue weighted by atomic mass is 16.5. The fourth-order valence-electron chi connectivity index (χ4n) is 3.92. The lowest BCUT2D eigenvalue weighted by Gasteiger charge is -2.33. The number of hydrogen-bond donors (Lipinski definition) is 0. The van der Waals surface area contributed by atoms with Crippen LogP contribution >= 0.6 is 0 Å². The molecule has 0 bridgehead atoms. The quantitative estimate of drug-likeness (QED) is 0.508. The van der Waals surface area contributed by atoms with Gasteiger partial charge in [-0.1, -0.05) is 26.0 Å². The first kappa shape index (κ1) is 23.8. The van der Waals surface area contributed by atoms with Crippen LogP contribution in [0.4, 0.5) is 0 Å². The second-order valence-electron chi connectivity index (χ2n) is 7.26. The van der Waals surface area contributed by atoms with Crippen molar-refractivity contribution in [2.45, 2.75) is 26.1 Å². The molecule has 4 unspecified atom stereocenters. The Morgan fingerprint density at radius 1 is 0.500 bits per heavy atom. The van der Waals surface area contributed by atoms with Crippen LogP contribution in [0.25, 0.3) is 0 Å². The highest BCUT2D eigenvalue weighted by Gasteiger charge is 2.31. The molecule has 0 aromatic heterocycles. The van der Waals surface area contributed by atoms with E-state index in [2.05, 4.69) is 13.8 Å². The van der Waals surface area contributed by atoms with Crippen LogP contribution in [-0.4, -0.2) is 42.7 Å². The second-order valence-corrected chi connectivity index (χ2v) is 7.26. The third-order valence-electron chi connectivity index (χ3n) is 5.76. The molecule has 0 N–H and O–H groups in total. The fraction of sp³-hybridized carbons (Fsp3) is 0.500. The molecule has 0 fully saturated rings. The molecule has 0 radical (unpaired) electrons. The molecule has 4 atom stereocenters. The summed E-state index contributed by atoms with van der Waals surface area (Å²) in [7, 11) is 9.97. The van der Waals surface area contributed by atoms with Crippen LogP contribution in [0.3, 0.4) is 0 Å². The van der Waals surface area contributed by atoms with Crippen molar-refractivity contribution in [2.24, 2.45) is 11.8 Å². The minimum Gasteiger partial charge on any atom is -0.493 e. The van der Waals surface area contributed by atoms with Crippen LogP contribution in [0.2, 0.25) is 0 Å². The zero-order chi connectivity index (χ0) is 22.3. The van der Waals surface area contributed by atoms with Crippen molar-refractivity contribution in [3.05, 3.63) is 47.5 Å². The summed E-state index contributed by atoms with van der Waals surface area (Å²) in [6.45, 7) is 4.34. The van der Waals surface area contributed by atoms with E-state index in [0.29, 0.717) is 23.0 Å². The third-order valence-corrected chi connectivity index (χ3v) is 5.76. The van der Waals surface area contributed by atoms with Gasteiger partial charge in [-0.15, -0.1) is 0 Å². The SMILES string of the molecule is COc1ccc(C(OC)C(C)C(C)C(OC)c2ccc(OC)c(OC)c2)cc1OC. The molecular weight excluding hydrogens is 384 g/mol. The Bertz CT molecular complexity index is 739. The van der Waals surface area contributed by atoms with Crippen LogP contribution < -0.4 is 18.9 Å². The molecule has 6 heteroatoms. The number of hydrogen-bond acceptors (Lipinski definition) is 6. The Morgan fingerprint density at radius 2 is 0.833 bits per heavy atom. The molecule has 0 aliphatic carbocycles. The predicted octanol–water partition coefficient (Wildman–Crippen LogP) is 5.07. The largest absolute Gasteiger partial charge is 0.493 e. The Morgan fingerprint density at radius 3 is 1.10 bits per heavy atom. The summed E-state index contributed by atoms with van der Waals surface area (Å²) in [5.41, 5.74) is 2.05. The first-order valence-corrected chi connectivity index (χ1v) is 9.95. The van der Waals surface area contributed by atoms with E-state index in [1.807, 2.05) is 36.4 Å². The topological polar surface area (TPSA) is 55.4 Å². The molecule has 166 valence electrons. The lowest BCUT2D eigenvalue weighted by molar-refractivity contribution is -0.0215. The van der Waals surface area contributed by atoms with Gasteiger partial charge in [0.15, 0.2) is 23.0 Å². The highest BCUT2D eigenvalue weighted by molar-refractivity contribution is 5.45. The first-order valence-electron chi connectivity index (χ1n) is 9.95. The molecule has 0 heterocycles. The molecule has 2 aromatic rings. The Kier molecular flexibility index (Phi) is 8.81. The predicted molar refractivity (Wildman–Crippen MR) is 117 cm³/mol. The molecule has 30 heavy (non-hydrogen) atoms. The summed E-state index contributed by atoms with van der Waals surface area (Å²) in [6, 6.07) is 11.8. The maximum absolute atomic E-state index is 5.91. The monoisotopic (exact) mass is 418 g/mol. The molecule has 0 aliphatic rings. The standard InChI is InChI=1S/C24H34O6/c1-15(23(29-7)17-9-11-19(25-3)21(13-17)27-5)16(2)24(30-8)18-10-12-20(26-4)22(14-18)28-6/h9-16,23-24H,1-8H3. The van der Waals surface area contributed by atoms with E-state index in [4.69, 9.17) is 28.4 Å².